The molecule has 0 aliphatic carbocycles. The summed E-state index contributed by atoms with van der Waals surface area (Å²) in [5, 5.41) is 6.53. The van der Waals surface area contributed by atoms with Crippen LogP contribution in [0.25, 0.3) is 0 Å². The summed E-state index contributed by atoms with van der Waals surface area (Å²) >= 11 is 1.68. The zero-order valence-corrected chi connectivity index (χ0v) is 18.6. The normalized spacial score (nSPS) is 11.0. The van der Waals surface area contributed by atoms with Crippen LogP contribution in [0.1, 0.15) is 23.2 Å². The number of nitrogens with one attached hydrogen (secondary N) is 1. The van der Waals surface area contributed by atoms with Gasteiger partial charge in [0.05, 0.1) is 23.8 Å². The molecule has 0 aliphatic heterocycles. The van der Waals surface area contributed by atoms with Gasteiger partial charge in [-0.05, 0) is 31.5 Å². The lowest BCUT2D eigenvalue weighted by molar-refractivity contribution is 0.471. The van der Waals surface area contributed by atoms with Crippen molar-refractivity contribution in [3.63, 3.8) is 0 Å². The fourth-order valence-corrected chi connectivity index (χ4v) is 2.84. The van der Waals surface area contributed by atoms with Crippen LogP contribution >= 0.6 is 35.3 Å². The third-order valence-electron chi connectivity index (χ3n) is 3.44. The maximum Gasteiger partial charge on any atom is 0.194 e. The standard InChI is InChI=1S/C17H26N6S.HI/c1-6-18-17(23(5)11-15-12-24-13(2)21-15)20-10-14-7-8-19-16(9-14)22(3)4;/h7-9,12H,6,10-11H2,1-5H3,(H,18,20);1H. The van der Waals surface area contributed by atoms with Gasteiger partial charge in [0.2, 0.25) is 0 Å². The Hall–Kier alpha value is -1.42. The van der Waals surface area contributed by atoms with Gasteiger partial charge < -0.3 is 15.1 Å². The number of thiazole rings is 1. The van der Waals surface area contributed by atoms with E-state index in [1.807, 2.05) is 45.2 Å². The van der Waals surface area contributed by atoms with Gasteiger partial charge in [0, 0.05) is 39.3 Å². The molecule has 0 spiro atoms. The Morgan fingerprint density at radius 2 is 2.08 bits per heavy atom. The van der Waals surface area contributed by atoms with Crippen molar-refractivity contribution in [1.82, 2.24) is 20.2 Å². The number of halogens is 1. The number of nitrogens with zero attached hydrogens (tertiary/aromatic N) is 5. The molecule has 0 amide bonds. The zero-order chi connectivity index (χ0) is 17.5. The van der Waals surface area contributed by atoms with Crippen molar-refractivity contribution < 1.29 is 0 Å². The first-order valence-corrected chi connectivity index (χ1v) is 8.90. The molecule has 2 aromatic heterocycles. The van der Waals surface area contributed by atoms with Gasteiger partial charge in [0.25, 0.3) is 0 Å². The van der Waals surface area contributed by atoms with Crippen LogP contribution in [-0.2, 0) is 13.1 Å². The molecule has 25 heavy (non-hydrogen) atoms. The van der Waals surface area contributed by atoms with E-state index in [9.17, 15) is 0 Å². The van der Waals surface area contributed by atoms with E-state index in [0.717, 1.165) is 41.1 Å². The number of aliphatic imine (C=N–C) groups is 1. The second-order valence-corrected chi connectivity index (χ2v) is 6.86. The van der Waals surface area contributed by atoms with Gasteiger partial charge in [0.1, 0.15) is 5.82 Å². The summed E-state index contributed by atoms with van der Waals surface area (Å²) in [6.07, 6.45) is 1.83. The molecule has 0 saturated carbocycles. The predicted molar refractivity (Wildman–Crippen MR) is 117 cm³/mol. The van der Waals surface area contributed by atoms with E-state index >= 15 is 0 Å². The highest BCUT2D eigenvalue weighted by atomic mass is 127. The minimum atomic E-state index is 0. The van der Waals surface area contributed by atoms with Crippen LogP contribution in [0.15, 0.2) is 28.7 Å². The molecule has 8 heteroatoms. The number of pyridine rings is 1. The highest BCUT2D eigenvalue weighted by Crippen LogP contribution is 2.12. The number of aryl methyl sites for hydroxylation is 1. The Morgan fingerprint density at radius 1 is 1.32 bits per heavy atom. The number of hydrogen-bond donors (Lipinski definition) is 1. The number of rotatable bonds is 6. The van der Waals surface area contributed by atoms with E-state index in [-0.39, 0.29) is 24.0 Å². The molecule has 0 bridgehead atoms. The van der Waals surface area contributed by atoms with Gasteiger partial charge in [-0.1, -0.05) is 0 Å². The molecule has 2 heterocycles. The Morgan fingerprint density at radius 3 is 2.68 bits per heavy atom. The summed E-state index contributed by atoms with van der Waals surface area (Å²) in [7, 11) is 6.01. The molecule has 0 radical (unpaired) electrons. The van der Waals surface area contributed by atoms with Crippen molar-refractivity contribution in [3.8, 4) is 0 Å². The van der Waals surface area contributed by atoms with Gasteiger partial charge in [-0.3, -0.25) is 0 Å². The molecular formula is C17H27IN6S. The number of hydrogen-bond acceptors (Lipinski definition) is 5. The maximum absolute atomic E-state index is 4.75. The molecule has 0 aliphatic rings. The first-order chi connectivity index (χ1) is 11.5. The zero-order valence-electron chi connectivity index (χ0n) is 15.5. The average Bonchev–Trinajstić information content (AvgIpc) is 2.96. The molecule has 0 atom stereocenters. The largest absolute Gasteiger partial charge is 0.363 e. The van der Waals surface area contributed by atoms with E-state index in [0.29, 0.717) is 6.54 Å². The smallest absolute Gasteiger partial charge is 0.194 e. The van der Waals surface area contributed by atoms with E-state index in [1.165, 1.54) is 0 Å². The predicted octanol–water partition coefficient (Wildman–Crippen LogP) is 3.13. The lowest BCUT2D eigenvalue weighted by Crippen LogP contribution is -2.38. The van der Waals surface area contributed by atoms with Crippen molar-refractivity contribution in [1.29, 1.82) is 0 Å². The molecule has 6 nitrogen and oxygen atoms in total. The topological polar surface area (TPSA) is 56.7 Å². The SMILES string of the molecule is CCNC(=NCc1ccnc(N(C)C)c1)N(C)Cc1csc(C)n1.I. The van der Waals surface area contributed by atoms with E-state index in [1.54, 1.807) is 11.3 Å². The highest BCUT2D eigenvalue weighted by Gasteiger charge is 2.09. The maximum atomic E-state index is 4.75. The Balaban J connectivity index is 0.00000312. The van der Waals surface area contributed by atoms with Crippen molar-refractivity contribution in [2.24, 2.45) is 4.99 Å². The molecule has 0 unspecified atom stereocenters. The van der Waals surface area contributed by atoms with Crippen molar-refractivity contribution in [3.05, 3.63) is 40.0 Å². The molecule has 0 saturated heterocycles. The lowest BCUT2D eigenvalue weighted by atomic mass is 10.2. The fraction of sp³-hybridized carbons (Fsp3) is 0.471. The number of anilines is 1. The van der Waals surface area contributed by atoms with Crippen LogP contribution in [-0.4, -0.2) is 48.5 Å². The Bertz CT molecular complexity index is 685. The average molecular weight is 474 g/mol. The van der Waals surface area contributed by atoms with Crippen LogP contribution in [0.4, 0.5) is 5.82 Å². The van der Waals surface area contributed by atoms with E-state index < -0.39 is 0 Å². The van der Waals surface area contributed by atoms with Crippen LogP contribution in [0.5, 0.6) is 0 Å². The van der Waals surface area contributed by atoms with Crippen molar-refractivity contribution in [2.45, 2.75) is 26.9 Å². The van der Waals surface area contributed by atoms with Crippen molar-refractivity contribution in [2.75, 3.05) is 32.6 Å². The molecule has 0 aromatic carbocycles. The van der Waals surface area contributed by atoms with Gasteiger partial charge in [-0.25, -0.2) is 15.0 Å². The molecule has 1 N–H and O–H groups in total. The third kappa shape index (κ3) is 6.77. The molecule has 138 valence electrons. The Labute approximate surface area is 171 Å². The molecule has 2 rings (SSSR count). The highest BCUT2D eigenvalue weighted by molar-refractivity contribution is 14.0. The van der Waals surface area contributed by atoms with E-state index in [4.69, 9.17) is 4.99 Å². The molecule has 2 aromatic rings. The number of guanidine groups is 1. The minimum absolute atomic E-state index is 0. The second-order valence-electron chi connectivity index (χ2n) is 5.80. The lowest BCUT2D eigenvalue weighted by Gasteiger charge is -2.21. The van der Waals surface area contributed by atoms with Gasteiger partial charge >= 0.3 is 0 Å². The van der Waals surface area contributed by atoms with E-state index in [2.05, 4.69) is 38.6 Å². The first kappa shape index (κ1) is 21.6. The summed E-state index contributed by atoms with van der Waals surface area (Å²) < 4.78 is 0. The van der Waals surface area contributed by atoms with Gasteiger partial charge in [-0.2, -0.15) is 0 Å². The summed E-state index contributed by atoms with van der Waals surface area (Å²) in [5.41, 5.74) is 2.21. The van der Waals surface area contributed by atoms with Crippen molar-refractivity contribution >= 4 is 47.1 Å². The third-order valence-corrected chi connectivity index (χ3v) is 4.26. The fourth-order valence-electron chi connectivity index (χ4n) is 2.24. The first-order valence-electron chi connectivity index (χ1n) is 8.02. The summed E-state index contributed by atoms with van der Waals surface area (Å²) in [6, 6.07) is 4.07. The van der Waals surface area contributed by atoms with Gasteiger partial charge in [-0.15, -0.1) is 35.3 Å². The van der Waals surface area contributed by atoms with Crippen LogP contribution in [0, 0.1) is 6.92 Å². The molecular weight excluding hydrogens is 447 g/mol. The summed E-state index contributed by atoms with van der Waals surface area (Å²) in [6.45, 7) is 6.30. The number of aromatic nitrogens is 2. The van der Waals surface area contributed by atoms with Crippen LogP contribution in [0.2, 0.25) is 0 Å². The Kier molecular flexibility index (Phi) is 9.12. The van der Waals surface area contributed by atoms with Crippen LogP contribution < -0.4 is 10.2 Å². The van der Waals surface area contributed by atoms with Crippen LogP contribution in [0.3, 0.4) is 0 Å². The second kappa shape index (κ2) is 10.5. The minimum Gasteiger partial charge on any atom is -0.363 e. The summed E-state index contributed by atoms with van der Waals surface area (Å²) in [4.78, 5) is 17.7. The monoisotopic (exact) mass is 474 g/mol. The van der Waals surface area contributed by atoms with Gasteiger partial charge in [0.15, 0.2) is 5.96 Å². The summed E-state index contributed by atoms with van der Waals surface area (Å²) in [5.74, 6) is 1.82. The molecule has 0 fully saturated rings. The quantitative estimate of drug-likeness (QED) is 0.396.